The van der Waals surface area contributed by atoms with Crippen LogP contribution >= 0.6 is 0 Å². The largest absolute Gasteiger partial charge is 0.348 e. The van der Waals surface area contributed by atoms with Gasteiger partial charge in [-0.1, -0.05) is 26.9 Å². The van der Waals surface area contributed by atoms with Crippen molar-refractivity contribution < 1.29 is 0 Å². The SMILES string of the molecule is C[Si](C)C(C)(C)CCc1cnc[nH]1. The molecule has 0 amide bonds. The number of hydrogen-bond acceptors (Lipinski definition) is 1. The van der Waals surface area contributed by atoms with Crippen LogP contribution in [-0.2, 0) is 6.42 Å². The maximum atomic E-state index is 4.02. The zero-order chi connectivity index (χ0) is 9.90. The predicted molar refractivity (Wildman–Crippen MR) is 58.4 cm³/mol. The van der Waals surface area contributed by atoms with E-state index >= 15 is 0 Å². The topological polar surface area (TPSA) is 28.7 Å². The van der Waals surface area contributed by atoms with E-state index in [0.717, 1.165) is 6.42 Å². The maximum Gasteiger partial charge on any atom is 0.0921 e. The van der Waals surface area contributed by atoms with E-state index in [1.807, 2.05) is 6.20 Å². The lowest BCUT2D eigenvalue weighted by molar-refractivity contribution is 0.591. The average molecular weight is 195 g/mol. The molecule has 1 aromatic rings. The molecule has 0 spiro atoms. The van der Waals surface area contributed by atoms with Crippen LogP contribution in [0.4, 0.5) is 0 Å². The van der Waals surface area contributed by atoms with Crippen molar-refractivity contribution in [2.45, 2.75) is 44.8 Å². The molecule has 1 rings (SSSR count). The molecule has 1 radical (unpaired) electrons. The van der Waals surface area contributed by atoms with E-state index in [4.69, 9.17) is 0 Å². The molecule has 0 aliphatic heterocycles. The van der Waals surface area contributed by atoms with Crippen molar-refractivity contribution in [3.63, 3.8) is 0 Å². The Morgan fingerprint density at radius 2 is 2.15 bits per heavy atom. The van der Waals surface area contributed by atoms with Gasteiger partial charge in [-0.05, 0) is 17.9 Å². The molecule has 0 aromatic carbocycles. The summed E-state index contributed by atoms with van der Waals surface area (Å²) in [7, 11) is -0.198. The minimum absolute atomic E-state index is 0.198. The summed E-state index contributed by atoms with van der Waals surface area (Å²) in [5, 5.41) is 0.524. The lowest BCUT2D eigenvalue weighted by atomic mass is 10.1. The van der Waals surface area contributed by atoms with Gasteiger partial charge in [-0.25, -0.2) is 4.98 Å². The van der Waals surface area contributed by atoms with Gasteiger partial charge in [-0.2, -0.15) is 0 Å². The van der Waals surface area contributed by atoms with E-state index in [1.54, 1.807) is 6.33 Å². The van der Waals surface area contributed by atoms with E-state index < -0.39 is 0 Å². The van der Waals surface area contributed by atoms with E-state index in [1.165, 1.54) is 12.1 Å². The third-order valence-corrected chi connectivity index (χ3v) is 5.88. The lowest BCUT2D eigenvalue weighted by Crippen LogP contribution is -2.21. The van der Waals surface area contributed by atoms with Gasteiger partial charge in [0.2, 0.25) is 0 Å². The van der Waals surface area contributed by atoms with E-state index in [9.17, 15) is 0 Å². The van der Waals surface area contributed by atoms with Crippen LogP contribution in [0.5, 0.6) is 0 Å². The fourth-order valence-corrected chi connectivity index (χ4v) is 1.74. The van der Waals surface area contributed by atoms with Gasteiger partial charge in [-0.3, -0.25) is 0 Å². The summed E-state index contributed by atoms with van der Waals surface area (Å²) in [5.41, 5.74) is 1.26. The third kappa shape index (κ3) is 2.99. The molecular weight excluding hydrogens is 176 g/mol. The van der Waals surface area contributed by atoms with Crippen LogP contribution < -0.4 is 0 Å². The third-order valence-electron chi connectivity index (χ3n) is 2.93. The molecule has 0 aliphatic carbocycles. The maximum absolute atomic E-state index is 4.02. The fourth-order valence-electron chi connectivity index (χ4n) is 1.12. The first-order chi connectivity index (χ1) is 6.02. The summed E-state index contributed by atoms with van der Waals surface area (Å²) < 4.78 is 0. The molecule has 73 valence electrons. The van der Waals surface area contributed by atoms with E-state index in [0.29, 0.717) is 5.04 Å². The molecule has 0 saturated heterocycles. The number of rotatable bonds is 4. The first-order valence-electron chi connectivity index (χ1n) is 4.80. The molecule has 2 nitrogen and oxygen atoms in total. The molecule has 0 aliphatic rings. The first-order valence-corrected chi connectivity index (χ1v) is 7.30. The number of aryl methyl sites for hydroxylation is 1. The highest BCUT2D eigenvalue weighted by Crippen LogP contribution is 2.33. The molecular formula is C10H19N2Si. The second-order valence-electron chi connectivity index (χ2n) is 4.46. The van der Waals surface area contributed by atoms with Crippen molar-refractivity contribution in [2.75, 3.05) is 0 Å². The van der Waals surface area contributed by atoms with Gasteiger partial charge in [0.05, 0.1) is 6.33 Å². The molecule has 1 aromatic heterocycles. The predicted octanol–water partition coefficient (Wildman–Crippen LogP) is 2.88. The minimum atomic E-state index is -0.198. The summed E-state index contributed by atoms with van der Waals surface area (Å²) in [6, 6.07) is 0. The fraction of sp³-hybridized carbons (Fsp3) is 0.700. The number of imidazole rings is 1. The molecule has 1 heterocycles. The smallest absolute Gasteiger partial charge is 0.0921 e. The summed E-state index contributed by atoms with van der Waals surface area (Å²) in [5.74, 6) is 0. The molecule has 0 bridgehead atoms. The summed E-state index contributed by atoms with van der Waals surface area (Å²) in [6.45, 7) is 9.52. The van der Waals surface area contributed by atoms with E-state index in [2.05, 4.69) is 36.9 Å². The highest BCUT2D eigenvalue weighted by atomic mass is 28.3. The van der Waals surface area contributed by atoms with Crippen LogP contribution in [0.1, 0.15) is 26.0 Å². The molecule has 13 heavy (non-hydrogen) atoms. The Morgan fingerprint density at radius 1 is 1.46 bits per heavy atom. The van der Waals surface area contributed by atoms with Crippen molar-refractivity contribution in [1.29, 1.82) is 0 Å². The van der Waals surface area contributed by atoms with Crippen molar-refractivity contribution in [2.24, 2.45) is 0 Å². The van der Waals surface area contributed by atoms with Crippen LogP contribution in [0, 0.1) is 0 Å². The zero-order valence-electron chi connectivity index (χ0n) is 9.02. The highest BCUT2D eigenvalue weighted by molar-refractivity contribution is 6.59. The van der Waals surface area contributed by atoms with Gasteiger partial charge in [0.1, 0.15) is 0 Å². The highest BCUT2D eigenvalue weighted by Gasteiger charge is 2.23. The second kappa shape index (κ2) is 4.09. The van der Waals surface area contributed by atoms with Crippen LogP contribution in [0.25, 0.3) is 0 Å². The van der Waals surface area contributed by atoms with Gasteiger partial charge in [0.15, 0.2) is 0 Å². The Balaban J connectivity index is 2.42. The molecule has 0 saturated carbocycles. The molecule has 0 fully saturated rings. The second-order valence-corrected chi connectivity index (χ2v) is 7.81. The Kier molecular flexibility index (Phi) is 3.31. The normalized spacial score (nSPS) is 12.4. The van der Waals surface area contributed by atoms with Gasteiger partial charge in [-0.15, -0.1) is 0 Å². The standard InChI is InChI=1S/C10H19N2Si/c1-10(2,13(3)4)6-5-9-7-11-8-12-9/h7-8H,5-6H2,1-4H3,(H,11,12). The number of hydrogen-bond donors (Lipinski definition) is 1. The van der Waals surface area contributed by atoms with Gasteiger partial charge >= 0.3 is 0 Å². The van der Waals surface area contributed by atoms with Crippen LogP contribution in [0.15, 0.2) is 12.5 Å². The Hall–Kier alpha value is -0.573. The monoisotopic (exact) mass is 195 g/mol. The average Bonchev–Trinajstić information content (AvgIpc) is 2.52. The number of nitrogens with one attached hydrogen (secondary N) is 1. The molecule has 1 N–H and O–H groups in total. The first kappa shape index (κ1) is 10.5. The Morgan fingerprint density at radius 3 is 2.62 bits per heavy atom. The minimum Gasteiger partial charge on any atom is -0.348 e. The van der Waals surface area contributed by atoms with Gasteiger partial charge in [0, 0.05) is 20.7 Å². The summed E-state index contributed by atoms with van der Waals surface area (Å²) in [6.07, 6.45) is 6.07. The quantitative estimate of drug-likeness (QED) is 0.735. The zero-order valence-corrected chi connectivity index (χ0v) is 10.0. The van der Waals surface area contributed by atoms with Crippen molar-refractivity contribution >= 4 is 8.80 Å². The summed E-state index contributed by atoms with van der Waals surface area (Å²) in [4.78, 5) is 7.17. The number of aromatic nitrogens is 2. The Bertz CT molecular complexity index is 239. The van der Waals surface area contributed by atoms with Crippen molar-refractivity contribution in [3.8, 4) is 0 Å². The molecule has 0 atom stereocenters. The number of H-pyrrole nitrogens is 1. The van der Waals surface area contributed by atoms with Crippen LogP contribution in [-0.4, -0.2) is 18.8 Å². The molecule has 3 heteroatoms. The van der Waals surface area contributed by atoms with Gasteiger partial charge < -0.3 is 4.98 Å². The van der Waals surface area contributed by atoms with Crippen LogP contribution in [0.2, 0.25) is 18.1 Å². The Labute approximate surface area is 82.4 Å². The van der Waals surface area contributed by atoms with Crippen LogP contribution in [0.3, 0.4) is 0 Å². The summed E-state index contributed by atoms with van der Waals surface area (Å²) >= 11 is 0. The lowest BCUT2D eigenvalue weighted by Gasteiger charge is -2.27. The number of aromatic amines is 1. The van der Waals surface area contributed by atoms with Crippen molar-refractivity contribution in [1.82, 2.24) is 9.97 Å². The molecule has 0 unspecified atom stereocenters. The van der Waals surface area contributed by atoms with Crippen molar-refractivity contribution in [3.05, 3.63) is 18.2 Å². The van der Waals surface area contributed by atoms with Gasteiger partial charge in [0.25, 0.3) is 0 Å². The number of nitrogens with zero attached hydrogens (tertiary/aromatic N) is 1. The van der Waals surface area contributed by atoms with E-state index in [-0.39, 0.29) is 8.80 Å².